The van der Waals surface area contributed by atoms with Crippen LogP contribution in [0.1, 0.15) is 39.5 Å². The molecule has 0 saturated heterocycles. The average Bonchev–Trinajstić information content (AvgIpc) is 2.99. The van der Waals surface area contributed by atoms with E-state index in [2.05, 4.69) is 12.2 Å². The molecule has 94 valence electrons. The molecule has 0 radical (unpaired) electrons. The van der Waals surface area contributed by atoms with Gasteiger partial charge in [-0.3, -0.25) is 4.79 Å². The van der Waals surface area contributed by atoms with E-state index in [4.69, 9.17) is 4.74 Å². The maximum atomic E-state index is 11.1. The highest BCUT2D eigenvalue weighted by atomic mass is 16.5. The van der Waals surface area contributed by atoms with Gasteiger partial charge >= 0.3 is 5.97 Å². The Labute approximate surface area is 97.4 Å². The minimum absolute atomic E-state index is 0.0833. The summed E-state index contributed by atoms with van der Waals surface area (Å²) in [5.74, 6) is -0.326. The van der Waals surface area contributed by atoms with Gasteiger partial charge in [0.15, 0.2) is 0 Å². The quantitative estimate of drug-likeness (QED) is 0.611. The van der Waals surface area contributed by atoms with Gasteiger partial charge in [0.05, 0.1) is 19.1 Å². The van der Waals surface area contributed by atoms with Crippen LogP contribution >= 0.6 is 0 Å². The van der Waals surface area contributed by atoms with Crippen molar-refractivity contribution in [2.45, 2.75) is 45.6 Å². The van der Waals surface area contributed by atoms with E-state index in [-0.39, 0.29) is 12.4 Å². The van der Waals surface area contributed by atoms with Crippen LogP contribution < -0.4 is 5.32 Å². The Morgan fingerprint density at radius 3 is 2.69 bits per heavy atom. The van der Waals surface area contributed by atoms with Crippen LogP contribution in [0.5, 0.6) is 0 Å². The molecule has 4 nitrogen and oxygen atoms in total. The van der Waals surface area contributed by atoms with Crippen LogP contribution in [0.15, 0.2) is 0 Å². The second kappa shape index (κ2) is 6.21. The highest BCUT2D eigenvalue weighted by Gasteiger charge is 2.39. The lowest BCUT2D eigenvalue weighted by molar-refractivity contribution is -0.145. The lowest BCUT2D eigenvalue weighted by Crippen LogP contribution is -2.33. The molecule has 1 aliphatic carbocycles. The smallest absolute Gasteiger partial charge is 0.308 e. The summed E-state index contributed by atoms with van der Waals surface area (Å²) in [5.41, 5.74) is 0.476. The second-order valence-electron chi connectivity index (χ2n) is 4.65. The Morgan fingerprint density at radius 1 is 1.50 bits per heavy atom. The summed E-state index contributed by atoms with van der Waals surface area (Å²) >= 11 is 0. The fourth-order valence-electron chi connectivity index (χ4n) is 1.82. The van der Waals surface area contributed by atoms with E-state index in [0.29, 0.717) is 18.6 Å². The molecule has 1 rings (SSSR count). The molecule has 1 saturated carbocycles. The second-order valence-corrected chi connectivity index (χ2v) is 4.65. The molecule has 0 spiro atoms. The van der Waals surface area contributed by atoms with Crippen molar-refractivity contribution in [3.8, 4) is 0 Å². The van der Waals surface area contributed by atoms with Crippen LogP contribution in [0.2, 0.25) is 0 Å². The zero-order valence-corrected chi connectivity index (χ0v) is 10.3. The first-order valence-electron chi connectivity index (χ1n) is 6.16. The molecule has 2 N–H and O–H groups in total. The number of carbonyl (C=O) groups is 1. The van der Waals surface area contributed by atoms with Gasteiger partial charge in [0, 0.05) is 13.1 Å². The summed E-state index contributed by atoms with van der Waals surface area (Å²) in [5, 5.41) is 12.8. The molecule has 0 aromatic rings. The van der Waals surface area contributed by atoms with E-state index in [1.807, 2.05) is 0 Å². The fourth-order valence-corrected chi connectivity index (χ4v) is 1.82. The van der Waals surface area contributed by atoms with Gasteiger partial charge in [-0.25, -0.2) is 0 Å². The summed E-state index contributed by atoms with van der Waals surface area (Å²) in [6.07, 6.45) is 3.20. The number of aliphatic hydroxyl groups is 1. The first-order chi connectivity index (χ1) is 7.62. The van der Waals surface area contributed by atoms with Gasteiger partial charge in [0.2, 0.25) is 0 Å². The predicted octanol–water partition coefficient (Wildman–Crippen LogP) is 1.08. The van der Waals surface area contributed by atoms with Gasteiger partial charge in [-0.05, 0) is 31.6 Å². The molecule has 0 aromatic carbocycles. The number of ether oxygens (including phenoxy) is 1. The van der Waals surface area contributed by atoms with Gasteiger partial charge in [-0.2, -0.15) is 0 Å². The van der Waals surface area contributed by atoms with E-state index < -0.39 is 6.10 Å². The largest absolute Gasteiger partial charge is 0.466 e. The molecule has 0 amide bonds. The van der Waals surface area contributed by atoms with Crippen LogP contribution in [0.3, 0.4) is 0 Å². The summed E-state index contributed by atoms with van der Waals surface area (Å²) < 4.78 is 4.77. The van der Waals surface area contributed by atoms with Crippen molar-refractivity contribution >= 4 is 5.97 Å². The SMILES string of the molecule is CCOC(=O)CC(O)CNCC1(CC)CC1. The zero-order valence-electron chi connectivity index (χ0n) is 10.3. The Balaban J connectivity index is 2.06. The number of esters is 1. The van der Waals surface area contributed by atoms with E-state index in [1.165, 1.54) is 19.3 Å². The molecule has 0 aliphatic heterocycles. The van der Waals surface area contributed by atoms with Gasteiger partial charge < -0.3 is 15.2 Å². The monoisotopic (exact) mass is 229 g/mol. The maximum Gasteiger partial charge on any atom is 0.308 e. The van der Waals surface area contributed by atoms with Crippen molar-refractivity contribution in [1.82, 2.24) is 5.32 Å². The average molecular weight is 229 g/mol. The van der Waals surface area contributed by atoms with Crippen LogP contribution in [0, 0.1) is 5.41 Å². The molecule has 0 heterocycles. The van der Waals surface area contributed by atoms with E-state index in [0.717, 1.165) is 6.54 Å². The third kappa shape index (κ3) is 4.49. The Bertz CT molecular complexity index is 226. The number of carbonyl (C=O) groups excluding carboxylic acids is 1. The Hall–Kier alpha value is -0.610. The number of nitrogens with one attached hydrogen (secondary N) is 1. The van der Waals surface area contributed by atoms with E-state index in [9.17, 15) is 9.90 Å². The minimum atomic E-state index is -0.633. The summed E-state index contributed by atoms with van der Waals surface area (Å²) in [6, 6.07) is 0. The summed E-state index contributed by atoms with van der Waals surface area (Å²) in [4.78, 5) is 11.1. The molecule has 0 aromatic heterocycles. The molecular weight excluding hydrogens is 206 g/mol. The van der Waals surface area contributed by atoms with Crippen LogP contribution in [-0.2, 0) is 9.53 Å². The van der Waals surface area contributed by atoms with Crippen LogP contribution in [0.25, 0.3) is 0 Å². The number of rotatable bonds is 8. The molecule has 1 atom stereocenters. The standard InChI is InChI=1S/C12H23NO3/c1-3-12(5-6-12)9-13-8-10(14)7-11(15)16-4-2/h10,13-14H,3-9H2,1-2H3. The van der Waals surface area contributed by atoms with Crippen molar-refractivity contribution in [3.05, 3.63) is 0 Å². The van der Waals surface area contributed by atoms with Crippen molar-refractivity contribution < 1.29 is 14.6 Å². The minimum Gasteiger partial charge on any atom is -0.466 e. The number of aliphatic hydroxyl groups excluding tert-OH is 1. The number of hydrogen-bond donors (Lipinski definition) is 2. The van der Waals surface area contributed by atoms with Crippen molar-refractivity contribution in [2.24, 2.45) is 5.41 Å². The highest BCUT2D eigenvalue weighted by Crippen LogP contribution is 2.47. The third-order valence-corrected chi connectivity index (χ3v) is 3.29. The maximum absolute atomic E-state index is 11.1. The summed E-state index contributed by atoms with van der Waals surface area (Å²) in [7, 11) is 0. The molecular formula is C12H23NO3. The molecule has 4 heteroatoms. The predicted molar refractivity (Wildman–Crippen MR) is 62.1 cm³/mol. The van der Waals surface area contributed by atoms with Gasteiger partial charge in [-0.1, -0.05) is 6.92 Å². The zero-order chi connectivity index (χ0) is 12.0. The lowest BCUT2D eigenvalue weighted by Gasteiger charge is -2.15. The number of hydrogen-bond acceptors (Lipinski definition) is 4. The first kappa shape index (κ1) is 13.5. The Morgan fingerprint density at radius 2 is 2.19 bits per heavy atom. The van der Waals surface area contributed by atoms with E-state index >= 15 is 0 Å². The van der Waals surface area contributed by atoms with Gasteiger partial charge in [0.1, 0.15) is 0 Å². The van der Waals surface area contributed by atoms with Crippen LogP contribution in [-0.4, -0.2) is 36.9 Å². The fraction of sp³-hybridized carbons (Fsp3) is 0.917. The third-order valence-electron chi connectivity index (χ3n) is 3.29. The van der Waals surface area contributed by atoms with E-state index in [1.54, 1.807) is 6.92 Å². The van der Waals surface area contributed by atoms with Gasteiger partial charge in [0.25, 0.3) is 0 Å². The molecule has 1 aliphatic rings. The van der Waals surface area contributed by atoms with Gasteiger partial charge in [-0.15, -0.1) is 0 Å². The van der Waals surface area contributed by atoms with Crippen molar-refractivity contribution in [2.75, 3.05) is 19.7 Å². The molecule has 1 unspecified atom stereocenters. The summed E-state index contributed by atoms with van der Waals surface area (Å²) in [6.45, 7) is 5.76. The highest BCUT2D eigenvalue weighted by molar-refractivity contribution is 5.69. The normalized spacial score (nSPS) is 19.2. The lowest BCUT2D eigenvalue weighted by atomic mass is 10.0. The van der Waals surface area contributed by atoms with Crippen LogP contribution in [0.4, 0.5) is 0 Å². The Kier molecular flexibility index (Phi) is 5.22. The van der Waals surface area contributed by atoms with Crippen molar-refractivity contribution in [1.29, 1.82) is 0 Å². The topological polar surface area (TPSA) is 58.6 Å². The molecule has 0 bridgehead atoms. The molecule has 16 heavy (non-hydrogen) atoms. The van der Waals surface area contributed by atoms with Crippen molar-refractivity contribution in [3.63, 3.8) is 0 Å². The molecule has 1 fully saturated rings. The first-order valence-corrected chi connectivity index (χ1v) is 6.16.